The third-order valence-electron chi connectivity index (χ3n) is 3.17. The van der Waals surface area contributed by atoms with Crippen molar-refractivity contribution in [2.45, 2.75) is 0 Å². The molecular formula is C17H17ClFN3O2. The fraction of sp³-hybridized carbons (Fsp3) is 0.176. The van der Waals surface area contributed by atoms with E-state index < -0.39 is 5.82 Å². The highest BCUT2D eigenvalue weighted by Crippen LogP contribution is 2.18. The Morgan fingerprint density at radius 1 is 1.17 bits per heavy atom. The summed E-state index contributed by atoms with van der Waals surface area (Å²) in [6, 6.07) is 10.8. The maximum atomic E-state index is 13.6. The van der Waals surface area contributed by atoms with E-state index in [0.29, 0.717) is 11.3 Å². The molecule has 2 rings (SSSR count). The van der Waals surface area contributed by atoms with E-state index in [2.05, 4.69) is 10.6 Å². The molecule has 0 fully saturated rings. The van der Waals surface area contributed by atoms with Gasteiger partial charge in [0.2, 0.25) is 5.91 Å². The van der Waals surface area contributed by atoms with Crippen LogP contribution < -0.4 is 10.6 Å². The molecule has 0 heterocycles. The normalized spacial score (nSPS) is 10.2. The second kappa shape index (κ2) is 7.79. The minimum Gasteiger partial charge on any atom is -0.374 e. The molecule has 0 atom stereocenters. The van der Waals surface area contributed by atoms with Crippen LogP contribution in [-0.2, 0) is 4.79 Å². The SMILES string of the molecule is CN(C)C(=O)c1cccc(NC(=O)CNc2ccc(Cl)cc2F)c1. The third kappa shape index (κ3) is 4.70. The summed E-state index contributed by atoms with van der Waals surface area (Å²) in [5, 5.41) is 5.63. The fourth-order valence-corrected chi connectivity index (χ4v) is 2.16. The largest absolute Gasteiger partial charge is 0.374 e. The molecule has 0 spiro atoms. The standard InChI is InChI=1S/C17H17ClFN3O2/c1-22(2)17(24)11-4-3-5-13(8-11)21-16(23)10-20-15-7-6-12(18)9-14(15)19/h3-9,20H,10H2,1-2H3,(H,21,23). The summed E-state index contributed by atoms with van der Waals surface area (Å²) in [4.78, 5) is 25.3. The first-order chi connectivity index (χ1) is 11.4. The van der Waals surface area contributed by atoms with Crippen molar-refractivity contribution in [3.8, 4) is 0 Å². The van der Waals surface area contributed by atoms with E-state index in [1.807, 2.05) is 0 Å². The summed E-state index contributed by atoms with van der Waals surface area (Å²) in [5.41, 5.74) is 1.15. The van der Waals surface area contributed by atoms with Crippen LogP contribution in [0.25, 0.3) is 0 Å². The summed E-state index contributed by atoms with van der Waals surface area (Å²) in [6.45, 7) is -0.121. The number of halogens is 2. The van der Waals surface area contributed by atoms with Crippen LogP contribution in [0.2, 0.25) is 5.02 Å². The van der Waals surface area contributed by atoms with Crippen LogP contribution in [0.15, 0.2) is 42.5 Å². The Kier molecular flexibility index (Phi) is 5.76. The number of anilines is 2. The first-order valence-electron chi connectivity index (χ1n) is 7.17. The summed E-state index contributed by atoms with van der Waals surface area (Å²) in [6.07, 6.45) is 0. The number of hydrogen-bond acceptors (Lipinski definition) is 3. The van der Waals surface area contributed by atoms with Crippen LogP contribution in [0.4, 0.5) is 15.8 Å². The molecule has 24 heavy (non-hydrogen) atoms. The van der Waals surface area contributed by atoms with Crippen LogP contribution in [0, 0.1) is 5.82 Å². The highest BCUT2D eigenvalue weighted by atomic mass is 35.5. The molecule has 2 N–H and O–H groups in total. The van der Waals surface area contributed by atoms with Crippen molar-refractivity contribution in [1.82, 2.24) is 4.90 Å². The highest BCUT2D eigenvalue weighted by Gasteiger charge is 2.10. The lowest BCUT2D eigenvalue weighted by Gasteiger charge is -2.12. The lowest BCUT2D eigenvalue weighted by molar-refractivity contribution is -0.114. The third-order valence-corrected chi connectivity index (χ3v) is 3.41. The Morgan fingerprint density at radius 3 is 2.58 bits per heavy atom. The van der Waals surface area contributed by atoms with Crippen LogP contribution in [0.5, 0.6) is 0 Å². The summed E-state index contributed by atoms with van der Waals surface area (Å²) < 4.78 is 13.6. The predicted molar refractivity (Wildman–Crippen MR) is 93.0 cm³/mol. The van der Waals surface area contributed by atoms with Gasteiger partial charge >= 0.3 is 0 Å². The topological polar surface area (TPSA) is 61.4 Å². The quantitative estimate of drug-likeness (QED) is 0.871. The van der Waals surface area contributed by atoms with E-state index in [1.54, 1.807) is 38.4 Å². The molecule has 0 saturated carbocycles. The Balaban J connectivity index is 1.97. The predicted octanol–water partition coefficient (Wildman–Crippen LogP) is 3.23. The lowest BCUT2D eigenvalue weighted by atomic mass is 10.2. The fourth-order valence-electron chi connectivity index (χ4n) is 2.00. The maximum absolute atomic E-state index is 13.6. The number of hydrogen-bond donors (Lipinski definition) is 2. The minimum atomic E-state index is -0.533. The molecule has 0 aliphatic carbocycles. The zero-order chi connectivity index (χ0) is 17.7. The van der Waals surface area contributed by atoms with Crippen molar-refractivity contribution >= 4 is 34.8 Å². The Morgan fingerprint density at radius 2 is 1.92 bits per heavy atom. The van der Waals surface area contributed by atoms with Gasteiger partial charge in [-0.25, -0.2) is 4.39 Å². The number of rotatable bonds is 5. The first-order valence-corrected chi connectivity index (χ1v) is 7.55. The molecule has 0 unspecified atom stereocenters. The van der Waals surface area contributed by atoms with Gasteiger partial charge < -0.3 is 15.5 Å². The van der Waals surface area contributed by atoms with E-state index in [0.717, 1.165) is 6.07 Å². The molecule has 0 aliphatic heterocycles. The molecule has 5 nitrogen and oxygen atoms in total. The van der Waals surface area contributed by atoms with Gasteiger partial charge in [0.15, 0.2) is 0 Å². The Labute approximate surface area is 144 Å². The van der Waals surface area contributed by atoms with Gasteiger partial charge in [-0.1, -0.05) is 17.7 Å². The molecule has 2 aromatic rings. The number of benzene rings is 2. The van der Waals surface area contributed by atoms with Gasteiger partial charge in [-0.3, -0.25) is 9.59 Å². The van der Waals surface area contributed by atoms with Crippen molar-refractivity contribution in [3.05, 3.63) is 58.9 Å². The van der Waals surface area contributed by atoms with Crippen LogP contribution in [0.1, 0.15) is 10.4 Å². The van der Waals surface area contributed by atoms with Crippen LogP contribution >= 0.6 is 11.6 Å². The number of carbonyl (C=O) groups is 2. The van der Waals surface area contributed by atoms with Gasteiger partial charge in [0.05, 0.1) is 12.2 Å². The van der Waals surface area contributed by atoms with Crippen molar-refractivity contribution in [2.75, 3.05) is 31.3 Å². The zero-order valence-electron chi connectivity index (χ0n) is 13.3. The van der Waals surface area contributed by atoms with Crippen molar-refractivity contribution in [1.29, 1.82) is 0 Å². The average Bonchev–Trinajstić information content (AvgIpc) is 2.53. The molecule has 0 saturated heterocycles. The van der Waals surface area contributed by atoms with E-state index >= 15 is 0 Å². The Bertz CT molecular complexity index is 765. The Hall–Kier alpha value is -2.60. The number of nitrogens with zero attached hydrogens (tertiary/aromatic N) is 1. The van der Waals surface area contributed by atoms with E-state index in [-0.39, 0.29) is 29.1 Å². The summed E-state index contributed by atoms with van der Waals surface area (Å²) in [5.74, 6) is -1.06. The van der Waals surface area contributed by atoms with Gasteiger partial charge in [-0.2, -0.15) is 0 Å². The molecule has 2 aromatic carbocycles. The molecule has 0 radical (unpaired) electrons. The van der Waals surface area contributed by atoms with Crippen LogP contribution in [-0.4, -0.2) is 37.4 Å². The molecule has 2 amide bonds. The lowest BCUT2D eigenvalue weighted by Crippen LogP contribution is -2.23. The molecule has 0 aliphatic rings. The second-order valence-electron chi connectivity index (χ2n) is 5.31. The first kappa shape index (κ1) is 17.7. The minimum absolute atomic E-state index is 0.121. The van der Waals surface area contributed by atoms with Gasteiger partial charge in [0.1, 0.15) is 5.82 Å². The van der Waals surface area contributed by atoms with Crippen molar-refractivity contribution < 1.29 is 14.0 Å². The van der Waals surface area contributed by atoms with Crippen LogP contribution in [0.3, 0.4) is 0 Å². The van der Waals surface area contributed by atoms with Gasteiger partial charge in [0.25, 0.3) is 5.91 Å². The van der Waals surface area contributed by atoms with E-state index in [9.17, 15) is 14.0 Å². The molecular weight excluding hydrogens is 333 g/mol. The maximum Gasteiger partial charge on any atom is 0.253 e. The van der Waals surface area contributed by atoms with Gasteiger partial charge in [-0.15, -0.1) is 0 Å². The second-order valence-corrected chi connectivity index (χ2v) is 5.74. The molecule has 7 heteroatoms. The summed E-state index contributed by atoms with van der Waals surface area (Å²) >= 11 is 5.67. The molecule has 0 aromatic heterocycles. The van der Waals surface area contributed by atoms with Gasteiger partial charge in [-0.05, 0) is 36.4 Å². The number of carbonyl (C=O) groups excluding carboxylic acids is 2. The van der Waals surface area contributed by atoms with E-state index in [4.69, 9.17) is 11.6 Å². The number of nitrogens with one attached hydrogen (secondary N) is 2. The zero-order valence-corrected chi connectivity index (χ0v) is 14.0. The summed E-state index contributed by atoms with van der Waals surface area (Å²) in [7, 11) is 3.30. The van der Waals surface area contributed by atoms with Gasteiger partial charge in [0, 0.05) is 30.4 Å². The molecule has 0 bridgehead atoms. The van der Waals surface area contributed by atoms with Crippen molar-refractivity contribution in [2.24, 2.45) is 0 Å². The molecule has 126 valence electrons. The highest BCUT2D eigenvalue weighted by molar-refractivity contribution is 6.30. The van der Waals surface area contributed by atoms with Crippen molar-refractivity contribution in [3.63, 3.8) is 0 Å². The monoisotopic (exact) mass is 349 g/mol. The van der Waals surface area contributed by atoms with E-state index in [1.165, 1.54) is 17.0 Å². The number of amides is 2. The smallest absolute Gasteiger partial charge is 0.253 e. The average molecular weight is 350 g/mol.